The molecule has 0 aromatic heterocycles. The van der Waals surface area contributed by atoms with Crippen LogP contribution in [0.25, 0.3) is 0 Å². The molecule has 1 aliphatic rings. The van der Waals surface area contributed by atoms with Crippen LogP contribution in [-0.2, 0) is 11.2 Å². The van der Waals surface area contributed by atoms with Gasteiger partial charge in [-0.1, -0.05) is 43.3 Å². The molecule has 1 atom stereocenters. The van der Waals surface area contributed by atoms with Gasteiger partial charge in [0, 0.05) is 26.2 Å². The van der Waals surface area contributed by atoms with Gasteiger partial charge in [-0.2, -0.15) is 0 Å². The molecule has 0 radical (unpaired) electrons. The first-order valence-electron chi connectivity index (χ1n) is 9.84. The first-order valence-corrected chi connectivity index (χ1v) is 10.3. The summed E-state index contributed by atoms with van der Waals surface area (Å²) >= 11 is 5.52. The van der Waals surface area contributed by atoms with Crippen LogP contribution in [0.3, 0.4) is 0 Å². The largest absolute Gasteiger partial charge is 0.379 e. The van der Waals surface area contributed by atoms with E-state index in [4.69, 9.17) is 17.0 Å². The average Bonchev–Trinajstić information content (AvgIpc) is 2.73. The third kappa shape index (κ3) is 5.99. The molecule has 0 aliphatic carbocycles. The molecule has 1 aliphatic heterocycles. The summed E-state index contributed by atoms with van der Waals surface area (Å²) in [6.07, 6.45) is 0.986. The molecule has 28 heavy (non-hydrogen) atoms. The fraction of sp³-hybridized carbons (Fsp3) is 0.409. The Labute approximate surface area is 172 Å². The molecule has 0 spiro atoms. The van der Waals surface area contributed by atoms with E-state index in [1.807, 2.05) is 6.07 Å². The summed E-state index contributed by atoms with van der Waals surface area (Å²) < 4.78 is 19.2. The first kappa shape index (κ1) is 20.7. The minimum Gasteiger partial charge on any atom is -0.379 e. The number of halogens is 1. The van der Waals surface area contributed by atoms with Crippen LogP contribution in [0.2, 0.25) is 0 Å². The number of hydrogen-bond donors (Lipinski definition) is 2. The van der Waals surface area contributed by atoms with Crippen LogP contribution in [0.4, 0.5) is 4.39 Å². The Hall–Kier alpha value is -2.02. The Morgan fingerprint density at radius 3 is 2.57 bits per heavy atom. The van der Waals surface area contributed by atoms with Crippen molar-refractivity contribution in [1.29, 1.82) is 0 Å². The zero-order valence-corrected chi connectivity index (χ0v) is 17.1. The highest BCUT2D eigenvalue weighted by molar-refractivity contribution is 7.80. The molecule has 4 nitrogen and oxygen atoms in total. The lowest BCUT2D eigenvalue weighted by Gasteiger charge is -2.27. The molecule has 0 amide bonds. The second-order valence-corrected chi connectivity index (χ2v) is 7.35. The standard InChI is InChI=1S/C22H28FN3OS/c1-2-17-6-8-18(9-7-17)21(19-4-3-5-20(23)16-19)25-22(28)24-10-11-26-12-14-27-15-13-26/h3-9,16,21H,2,10-15H2,1H3,(H2,24,25,28)/t21-/m1/s1. The van der Waals surface area contributed by atoms with Crippen molar-refractivity contribution in [1.82, 2.24) is 15.5 Å². The van der Waals surface area contributed by atoms with Gasteiger partial charge in [-0.3, -0.25) is 4.90 Å². The van der Waals surface area contributed by atoms with Crippen molar-refractivity contribution >= 4 is 17.3 Å². The molecule has 0 saturated carbocycles. The van der Waals surface area contributed by atoms with Crippen LogP contribution < -0.4 is 10.6 Å². The van der Waals surface area contributed by atoms with E-state index in [1.54, 1.807) is 12.1 Å². The number of rotatable bonds is 7. The van der Waals surface area contributed by atoms with Crippen molar-refractivity contribution in [2.24, 2.45) is 0 Å². The van der Waals surface area contributed by atoms with Crippen molar-refractivity contribution < 1.29 is 9.13 Å². The highest BCUT2D eigenvalue weighted by Crippen LogP contribution is 2.23. The molecule has 1 fully saturated rings. The molecule has 2 aromatic rings. The van der Waals surface area contributed by atoms with Crippen molar-refractivity contribution in [2.45, 2.75) is 19.4 Å². The summed E-state index contributed by atoms with van der Waals surface area (Å²) in [6, 6.07) is 14.8. The van der Waals surface area contributed by atoms with Gasteiger partial charge in [0.2, 0.25) is 0 Å². The molecule has 6 heteroatoms. The van der Waals surface area contributed by atoms with Crippen molar-refractivity contribution in [3.8, 4) is 0 Å². The Balaban J connectivity index is 1.65. The molecule has 2 aromatic carbocycles. The Morgan fingerprint density at radius 1 is 1.14 bits per heavy atom. The van der Waals surface area contributed by atoms with Crippen molar-refractivity contribution in [3.63, 3.8) is 0 Å². The summed E-state index contributed by atoms with van der Waals surface area (Å²) in [5.74, 6) is -0.249. The molecule has 1 heterocycles. The number of hydrogen-bond acceptors (Lipinski definition) is 3. The second-order valence-electron chi connectivity index (χ2n) is 6.94. The monoisotopic (exact) mass is 401 g/mol. The van der Waals surface area contributed by atoms with Crippen LogP contribution in [0.1, 0.15) is 29.7 Å². The number of thiocarbonyl (C=S) groups is 1. The topological polar surface area (TPSA) is 36.5 Å². The SMILES string of the molecule is CCc1ccc([C@@H](NC(=S)NCCN2CCOCC2)c2cccc(F)c2)cc1. The van der Waals surface area contributed by atoms with Gasteiger partial charge >= 0.3 is 0 Å². The van der Waals surface area contributed by atoms with Gasteiger partial charge in [0.05, 0.1) is 19.3 Å². The number of nitrogens with one attached hydrogen (secondary N) is 2. The van der Waals surface area contributed by atoms with Crippen LogP contribution in [0, 0.1) is 5.82 Å². The minimum atomic E-state index is -0.249. The molecule has 2 N–H and O–H groups in total. The van der Waals surface area contributed by atoms with Gasteiger partial charge in [-0.05, 0) is 47.5 Å². The van der Waals surface area contributed by atoms with Gasteiger partial charge in [-0.15, -0.1) is 0 Å². The van der Waals surface area contributed by atoms with E-state index in [2.05, 4.69) is 46.7 Å². The summed E-state index contributed by atoms with van der Waals surface area (Å²) in [5, 5.41) is 7.22. The molecule has 150 valence electrons. The van der Waals surface area contributed by atoms with Crippen molar-refractivity contribution in [3.05, 3.63) is 71.0 Å². The predicted octanol–water partition coefficient (Wildman–Crippen LogP) is 3.27. The van der Waals surface area contributed by atoms with Gasteiger partial charge in [-0.25, -0.2) is 4.39 Å². The number of benzene rings is 2. The van der Waals surface area contributed by atoms with E-state index >= 15 is 0 Å². The normalized spacial score (nSPS) is 15.8. The summed E-state index contributed by atoms with van der Waals surface area (Å²) in [6.45, 7) is 7.30. The Morgan fingerprint density at radius 2 is 1.89 bits per heavy atom. The highest BCUT2D eigenvalue weighted by Gasteiger charge is 2.16. The molecular formula is C22H28FN3OS. The Bertz CT molecular complexity index is 763. The Kier molecular flexibility index (Phi) is 7.77. The highest BCUT2D eigenvalue weighted by atomic mass is 32.1. The van der Waals surface area contributed by atoms with E-state index in [1.165, 1.54) is 11.6 Å². The maximum Gasteiger partial charge on any atom is 0.167 e. The van der Waals surface area contributed by atoms with Gasteiger partial charge in [0.25, 0.3) is 0 Å². The fourth-order valence-corrected chi connectivity index (χ4v) is 3.55. The number of morpholine rings is 1. The van der Waals surface area contributed by atoms with Crippen LogP contribution >= 0.6 is 12.2 Å². The molecule has 1 saturated heterocycles. The maximum atomic E-state index is 13.8. The summed E-state index contributed by atoms with van der Waals surface area (Å²) in [5.41, 5.74) is 3.18. The van der Waals surface area contributed by atoms with E-state index < -0.39 is 0 Å². The quantitative estimate of drug-likeness (QED) is 0.697. The lowest BCUT2D eigenvalue weighted by atomic mass is 9.97. The predicted molar refractivity (Wildman–Crippen MR) is 115 cm³/mol. The number of ether oxygens (including phenoxy) is 1. The van der Waals surface area contributed by atoms with Gasteiger partial charge in [0.1, 0.15) is 5.82 Å². The summed E-state index contributed by atoms with van der Waals surface area (Å²) in [4.78, 5) is 2.35. The molecule has 0 bridgehead atoms. The second kappa shape index (κ2) is 10.5. The molecular weight excluding hydrogens is 373 g/mol. The smallest absolute Gasteiger partial charge is 0.167 e. The van der Waals surface area contributed by atoms with E-state index in [9.17, 15) is 4.39 Å². The number of nitrogens with zero attached hydrogens (tertiary/aromatic N) is 1. The van der Waals surface area contributed by atoms with Crippen LogP contribution in [0.5, 0.6) is 0 Å². The number of aryl methyl sites for hydroxylation is 1. The fourth-order valence-electron chi connectivity index (χ4n) is 3.33. The van der Waals surface area contributed by atoms with E-state index in [0.29, 0.717) is 5.11 Å². The molecule has 0 unspecified atom stereocenters. The zero-order valence-electron chi connectivity index (χ0n) is 16.3. The lowest BCUT2D eigenvalue weighted by molar-refractivity contribution is 0.0389. The minimum absolute atomic E-state index is 0.204. The van der Waals surface area contributed by atoms with Crippen LogP contribution in [-0.4, -0.2) is 49.4 Å². The first-order chi connectivity index (χ1) is 13.7. The van der Waals surface area contributed by atoms with Crippen LogP contribution in [0.15, 0.2) is 48.5 Å². The van der Waals surface area contributed by atoms with Gasteiger partial charge < -0.3 is 15.4 Å². The van der Waals surface area contributed by atoms with Gasteiger partial charge in [0.15, 0.2) is 5.11 Å². The van der Waals surface area contributed by atoms with E-state index in [0.717, 1.165) is 56.9 Å². The lowest BCUT2D eigenvalue weighted by Crippen LogP contribution is -2.44. The third-order valence-electron chi connectivity index (χ3n) is 5.00. The average molecular weight is 402 g/mol. The maximum absolute atomic E-state index is 13.8. The zero-order chi connectivity index (χ0) is 19.8. The van der Waals surface area contributed by atoms with Crippen molar-refractivity contribution in [2.75, 3.05) is 39.4 Å². The third-order valence-corrected chi connectivity index (χ3v) is 5.26. The van der Waals surface area contributed by atoms with E-state index in [-0.39, 0.29) is 11.9 Å². The summed E-state index contributed by atoms with van der Waals surface area (Å²) in [7, 11) is 0. The molecule has 3 rings (SSSR count).